The summed E-state index contributed by atoms with van der Waals surface area (Å²) >= 11 is 0. The number of fused-ring (bicyclic) bond motifs is 1. The molecule has 0 spiro atoms. The molecule has 4 heteroatoms. The van der Waals surface area contributed by atoms with Crippen molar-refractivity contribution < 1.29 is 14.3 Å². The van der Waals surface area contributed by atoms with Gasteiger partial charge in [-0.1, -0.05) is 35.9 Å². The van der Waals surface area contributed by atoms with E-state index in [0.717, 1.165) is 35.4 Å². The van der Waals surface area contributed by atoms with E-state index in [0.29, 0.717) is 12.3 Å². The summed E-state index contributed by atoms with van der Waals surface area (Å²) in [5.74, 6) is 1.78. The lowest BCUT2D eigenvalue weighted by Crippen LogP contribution is -2.32. The Bertz CT molecular complexity index is 924. The van der Waals surface area contributed by atoms with Crippen LogP contribution in [0.1, 0.15) is 43.4 Å². The number of hydrogen-bond donors (Lipinski definition) is 0. The molecule has 146 valence electrons. The van der Waals surface area contributed by atoms with Crippen molar-refractivity contribution in [2.75, 3.05) is 12.0 Å². The maximum absolute atomic E-state index is 13.0. The third kappa shape index (κ3) is 3.64. The summed E-state index contributed by atoms with van der Waals surface area (Å²) in [6.45, 7) is 6.56. The van der Waals surface area contributed by atoms with Crippen LogP contribution in [0.4, 0.5) is 5.69 Å². The standard InChI is InChI=1S/C24H27NO3/c1-16-5-11-20(12-6-16)25(23(26)18-8-9-18)15-19-10-7-17-13-14-24(2,3)28-22(17)21(19)27-4/h5-7,10-14,18H,8-9,15H2,1-4H3. The van der Waals surface area contributed by atoms with Gasteiger partial charge in [-0.05, 0) is 51.8 Å². The van der Waals surface area contributed by atoms with Gasteiger partial charge in [0.25, 0.3) is 0 Å². The van der Waals surface area contributed by atoms with Crippen LogP contribution in [0.25, 0.3) is 6.08 Å². The SMILES string of the molecule is COc1c(CN(C(=O)C2CC2)c2ccc(C)cc2)ccc2c1OC(C)(C)C=C2. The Hall–Kier alpha value is -2.75. The van der Waals surface area contributed by atoms with E-state index in [9.17, 15) is 4.79 Å². The van der Waals surface area contributed by atoms with Gasteiger partial charge in [-0.15, -0.1) is 0 Å². The van der Waals surface area contributed by atoms with Gasteiger partial charge in [-0.2, -0.15) is 0 Å². The molecule has 2 aliphatic rings. The van der Waals surface area contributed by atoms with Crippen molar-refractivity contribution in [3.05, 3.63) is 59.2 Å². The molecule has 0 saturated heterocycles. The monoisotopic (exact) mass is 377 g/mol. The van der Waals surface area contributed by atoms with E-state index in [4.69, 9.17) is 9.47 Å². The average molecular weight is 377 g/mol. The maximum atomic E-state index is 13.0. The molecule has 0 atom stereocenters. The summed E-state index contributed by atoms with van der Waals surface area (Å²) in [7, 11) is 1.66. The number of rotatable bonds is 5. The van der Waals surface area contributed by atoms with E-state index >= 15 is 0 Å². The van der Waals surface area contributed by atoms with Gasteiger partial charge in [0, 0.05) is 22.7 Å². The highest BCUT2D eigenvalue weighted by atomic mass is 16.5. The van der Waals surface area contributed by atoms with E-state index in [1.165, 1.54) is 5.56 Å². The second kappa shape index (κ2) is 7.01. The zero-order valence-corrected chi connectivity index (χ0v) is 17.0. The topological polar surface area (TPSA) is 38.8 Å². The molecule has 1 saturated carbocycles. The number of nitrogens with zero attached hydrogens (tertiary/aromatic N) is 1. The van der Waals surface area contributed by atoms with Gasteiger partial charge in [-0.25, -0.2) is 0 Å². The van der Waals surface area contributed by atoms with Crippen LogP contribution < -0.4 is 14.4 Å². The van der Waals surface area contributed by atoms with Gasteiger partial charge >= 0.3 is 0 Å². The summed E-state index contributed by atoms with van der Waals surface area (Å²) in [4.78, 5) is 14.9. The molecule has 1 amide bonds. The molecule has 4 nitrogen and oxygen atoms in total. The summed E-state index contributed by atoms with van der Waals surface area (Å²) in [5, 5.41) is 0. The summed E-state index contributed by atoms with van der Waals surface area (Å²) in [6, 6.07) is 12.2. The first-order valence-corrected chi connectivity index (χ1v) is 9.84. The van der Waals surface area contributed by atoms with E-state index in [1.54, 1.807) is 7.11 Å². The molecule has 1 aliphatic carbocycles. The largest absolute Gasteiger partial charge is 0.492 e. The Morgan fingerprint density at radius 2 is 1.89 bits per heavy atom. The maximum Gasteiger partial charge on any atom is 0.230 e. The smallest absolute Gasteiger partial charge is 0.230 e. The number of carbonyl (C=O) groups excluding carboxylic acids is 1. The molecule has 1 fully saturated rings. The highest BCUT2D eigenvalue weighted by molar-refractivity contribution is 5.96. The number of ether oxygens (including phenoxy) is 2. The fourth-order valence-electron chi connectivity index (χ4n) is 3.53. The highest BCUT2D eigenvalue weighted by Crippen LogP contribution is 2.42. The molecule has 1 aliphatic heterocycles. The van der Waals surface area contributed by atoms with Gasteiger partial charge < -0.3 is 14.4 Å². The quantitative estimate of drug-likeness (QED) is 0.725. The van der Waals surface area contributed by atoms with E-state index in [2.05, 4.69) is 13.0 Å². The zero-order chi connectivity index (χ0) is 19.9. The van der Waals surface area contributed by atoms with Crippen molar-refractivity contribution >= 4 is 17.7 Å². The van der Waals surface area contributed by atoms with Gasteiger partial charge in [0.15, 0.2) is 11.5 Å². The molecule has 0 N–H and O–H groups in total. The number of carbonyl (C=O) groups is 1. The second-order valence-electron chi connectivity index (χ2n) is 8.25. The van der Waals surface area contributed by atoms with Gasteiger partial charge in [0.2, 0.25) is 5.91 Å². The Balaban J connectivity index is 1.72. The van der Waals surface area contributed by atoms with Crippen LogP contribution in [0.2, 0.25) is 0 Å². The van der Waals surface area contributed by atoms with E-state index in [1.807, 2.05) is 61.2 Å². The van der Waals surface area contributed by atoms with Crippen molar-refractivity contribution in [3.63, 3.8) is 0 Å². The van der Waals surface area contributed by atoms with Crippen LogP contribution in [0.15, 0.2) is 42.5 Å². The molecule has 0 radical (unpaired) electrons. The summed E-state index contributed by atoms with van der Waals surface area (Å²) in [5.41, 5.74) is 3.65. The summed E-state index contributed by atoms with van der Waals surface area (Å²) in [6.07, 6.45) is 6.07. The van der Waals surface area contributed by atoms with Crippen LogP contribution in [0, 0.1) is 12.8 Å². The zero-order valence-electron chi connectivity index (χ0n) is 17.0. The van der Waals surface area contributed by atoms with Crippen molar-refractivity contribution in [1.29, 1.82) is 0 Å². The Labute approximate surface area is 166 Å². The highest BCUT2D eigenvalue weighted by Gasteiger charge is 2.35. The van der Waals surface area contributed by atoms with Gasteiger partial charge in [-0.3, -0.25) is 4.79 Å². The third-order valence-electron chi connectivity index (χ3n) is 5.32. The molecule has 0 aromatic heterocycles. The van der Waals surface area contributed by atoms with Crippen molar-refractivity contribution in [2.45, 2.75) is 45.8 Å². The molecular weight excluding hydrogens is 350 g/mol. The van der Waals surface area contributed by atoms with Crippen LogP contribution in [-0.4, -0.2) is 18.6 Å². The van der Waals surface area contributed by atoms with E-state index in [-0.39, 0.29) is 17.4 Å². The van der Waals surface area contributed by atoms with Crippen molar-refractivity contribution in [1.82, 2.24) is 0 Å². The van der Waals surface area contributed by atoms with Gasteiger partial charge in [0.1, 0.15) is 5.60 Å². The second-order valence-corrected chi connectivity index (χ2v) is 8.25. The minimum atomic E-state index is -0.390. The lowest BCUT2D eigenvalue weighted by Gasteiger charge is -2.31. The normalized spacial score (nSPS) is 16.9. The van der Waals surface area contributed by atoms with Crippen LogP contribution in [0.3, 0.4) is 0 Å². The fraction of sp³-hybridized carbons (Fsp3) is 0.375. The number of methoxy groups -OCH3 is 1. The first-order valence-electron chi connectivity index (χ1n) is 9.84. The number of amides is 1. The molecule has 2 aromatic carbocycles. The minimum absolute atomic E-state index is 0.142. The Kier molecular flexibility index (Phi) is 4.66. The lowest BCUT2D eigenvalue weighted by molar-refractivity contribution is -0.119. The molecule has 0 bridgehead atoms. The Morgan fingerprint density at radius 3 is 2.54 bits per heavy atom. The molecule has 2 aromatic rings. The van der Waals surface area contributed by atoms with Gasteiger partial charge in [0.05, 0.1) is 13.7 Å². The number of benzene rings is 2. The number of anilines is 1. The molecule has 28 heavy (non-hydrogen) atoms. The molecule has 4 rings (SSSR count). The molecule has 0 unspecified atom stereocenters. The predicted molar refractivity (Wildman–Crippen MR) is 112 cm³/mol. The van der Waals surface area contributed by atoms with Crippen LogP contribution >= 0.6 is 0 Å². The van der Waals surface area contributed by atoms with Crippen LogP contribution in [-0.2, 0) is 11.3 Å². The third-order valence-corrected chi connectivity index (χ3v) is 5.32. The minimum Gasteiger partial charge on any atom is -0.492 e. The predicted octanol–water partition coefficient (Wildman–Crippen LogP) is 5.13. The summed E-state index contributed by atoms with van der Waals surface area (Å²) < 4.78 is 11.9. The van der Waals surface area contributed by atoms with E-state index < -0.39 is 0 Å². The number of aryl methyl sites for hydroxylation is 1. The van der Waals surface area contributed by atoms with Crippen LogP contribution in [0.5, 0.6) is 11.5 Å². The Morgan fingerprint density at radius 1 is 1.18 bits per heavy atom. The molecule has 1 heterocycles. The first kappa shape index (κ1) is 18.6. The fourth-order valence-corrected chi connectivity index (χ4v) is 3.53. The molecular formula is C24H27NO3. The average Bonchev–Trinajstić information content (AvgIpc) is 3.50. The van der Waals surface area contributed by atoms with Crippen molar-refractivity contribution in [3.8, 4) is 11.5 Å². The lowest BCUT2D eigenvalue weighted by atomic mass is 10.00. The first-order chi connectivity index (χ1) is 13.4. The number of hydrogen-bond acceptors (Lipinski definition) is 3. The van der Waals surface area contributed by atoms with Crippen molar-refractivity contribution in [2.24, 2.45) is 5.92 Å².